The molecule has 0 radical (unpaired) electrons. The fourth-order valence-corrected chi connectivity index (χ4v) is 2.94. The van der Waals surface area contributed by atoms with E-state index in [1.165, 1.54) is 0 Å². The molecule has 0 aliphatic carbocycles. The predicted molar refractivity (Wildman–Crippen MR) is 93.6 cm³/mol. The van der Waals surface area contributed by atoms with Gasteiger partial charge in [-0.2, -0.15) is 0 Å². The molecule has 0 bridgehead atoms. The maximum Gasteiger partial charge on any atom is 0.227 e. The van der Waals surface area contributed by atoms with Crippen LogP contribution in [-0.4, -0.2) is 5.91 Å². The number of benzene rings is 2. The van der Waals surface area contributed by atoms with Crippen molar-refractivity contribution >= 4 is 38.3 Å². The first-order valence-corrected chi connectivity index (χ1v) is 8.00. The molecule has 0 heterocycles. The third kappa shape index (κ3) is 3.29. The van der Waals surface area contributed by atoms with Crippen molar-refractivity contribution in [2.24, 2.45) is 11.3 Å². The van der Waals surface area contributed by atoms with Crippen LogP contribution in [0.25, 0.3) is 10.8 Å². The summed E-state index contributed by atoms with van der Waals surface area (Å²) in [7, 11) is 0. The lowest BCUT2D eigenvalue weighted by Crippen LogP contribution is -2.31. The summed E-state index contributed by atoms with van der Waals surface area (Å²) in [6, 6.07) is 10.2. The molecule has 0 spiro atoms. The van der Waals surface area contributed by atoms with E-state index in [0.717, 1.165) is 26.5 Å². The summed E-state index contributed by atoms with van der Waals surface area (Å²) >= 11 is 3.60. The average Bonchev–Trinajstić information content (AvgIpc) is 2.41. The van der Waals surface area contributed by atoms with Gasteiger partial charge in [-0.3, -0.25) is 4.79 Å². The van der Waals surface area contributed by atoms with Crippen LogP contribution in [0, 0.1) is 18.3 Å². The highest BCUT2D eigenvalue weighted by atomic mass is 79.9. The Balaban J connectivity index is 2.46. The van der Waals surface area contributed by atoms with Crippen LogP contribution in [0.1, 0.15) is 33.3 Å². The minimum atomic E-state index is -0.0562. The Morgan fingerprint density at radius 2 is 1.76 bits per heavy atom. The number of carbonyl (C=O) groups excluding carboxylic acids is 1. The normalized spacial score (nSPS) is 13.2. The number of hydrogen-bond donors (Lipinski definition) is 1. The van der Waals surface area contributed by atoms with Crippen LogP contribution in [-0.2, 0) is 4.79 Å². The first-order valence-electron chi connectivity index (χ1n) is 7.20. The van der Waals surface area contributed by atoms with E-state index >= 15 is 0 Å². The fraction of sp³-hybridized carbons (Fsp3) is 0.389. The van der Waals surface area contributed by atoms with Gasteiger partial charge in [-0.1, -0.05) is 67.9 Å². The maximum atomic E-state index is 12.5. The number of anilines is 1. The third-order valence-electron chi connectivity index (χ3n) is 4.13. The topological polar surface area (TPSA) is 29.1 Å². The Morgan fingerprint density at radius 3 is 2.33 bits per heavy atom. The summed E-state index contributed by atoms with van der Waals surface area (Å²) in [4.78, 5) is 12.5. The molecule has 0 saturated heterocycles. The van der Waals surface area contributed by atoms with E-state index in [0.29, 0.717) is 0 Å². The summed E-state index contributed by atoms with van der Waals surface area (Å²) in [6.07, 6.45) is 0. The first-order chi connectivity index (χ1) is 9.71. The molecule has 1 amide bonds. The van der Waals surface area contributed by atoms with Gasteiger partial charge in [0, 0.05) is 15.8 Å². The van der Waals surface area contributed by atoms with E-state index in [1.807, 2.05) is 32.0 Å². The first kappa shape index (κ1) is 16.0. The highest BCUT2D eigenvalue weighted by molar-refractivity contribution is 9.10. The smallest absolute Gasteiger partial charge is 0.227 e. The third-order valence-corrected chi connectivity index (χ3v) is 4.79. The highest BCUT2D eigenvalue weighted by Gasteiger charge is 2.27. The number of nitrogens with one attached hydrogen (secondary N) is 1. The SMILES string of the molecule is Cc1cc(Br)c2ccccc2c1NC(=O)[C@H](C)C(C)(C)C. The highest BCUT2D eigenvalue weighted by Crippen LogP contribution is 2.34. The van der Waals surface area contributed by atoms with E-state index in [-0.39, 0.29) is 17.2 Å². The van der Waals surface area contributed by atoms with Crippen LogP contribution in [0.5, 0.6) is 0 Å². The molecule has 1 atom stereocenters. The summed E-state index contributed by atoms with van der Waals surface area (Å²) < 4.78 is 1.05. The van der Waals surface area contributed by atoms with Gasteiger partial charge in [0.2, 0.25) is 5.91 Å². The molecule has 0 aliphatic rings. The van der Waals surface area contributed by atoms with Gasteiger partial charge in [-0.15, -0.1) is 0 Å². The number of fused-ring (bicyclic) bond motifs is 1. The second-order valence-corrected chi connectivity index (χ2v) is 7.53. The minimum Gasteiger partial charge on any atom is -0.325 e. The average molecular weight is 348 g/mol. The lowest BCUT2D eigenvalue weighted by molar-refractivity contribution is -0.122. The van der Waals surface area contributed by atoms with Gasteiger partial charge in [0.1, 0.15) is 0 Å². The Morgan fingerprint density at radius 1 is 1.19 bits per heavy atom. The number of rotatable bonds is 2. The molecule has 2 nitrogen and oxygen atoms in total. The van der Waals surface area contributed by atoms with Gasteiger partial charge in [0.05, 0.1) is 5.69 Å². The molecule has 112 valence electrons. The molecule has 2 aromatic rings. The van der Waals surface area contributed by atoms with E-state index in [4.69, 9.17) is 0 Å². The van der Waals surface area contributed by atoms with Crippen molar-refractivity contribution in [1.29, 1.82) is 0 Å². The number of hydrogen-bond acceptors (Lipinski definition) is 1. The lowest BCUT2D eigenvalue weighted by atomic mass is 9.81. The second-order valence-electron chi connectivity index (χ2n) is 6.67. The van der Waals surface area contributed by atoms with E-state index in [2.05, 4.69) is 54.2 Å². The number of carbonyl (C=O) groups is 1. The molecular formula is C18H22BrNO. The second kappa shape index (κ2) is 5.80. The number of amides is 1. The fourth-order valence-electron chi connectivity index (χ4n) is 2.25. The van der Waals surface area contributed by atoms with Crippen LogP contribution in [0.4, 0.5) is 5.69 Å². The van der Waals surface area contributed by atoms with Crippen LogP contribution < -0.4 is 5.32 Å². The van der Waals surface area contributed by atoms with Gasteiger partial charge in [0.25, 0.3) is 0 Å². The molecule has 0 fully saturated rings. The molecule has 2 rings (SSSR count). The molecule has 0 unspecified atom stereocenters. The molecule has 3 heteroatoms. The van der Waals surface area contributed by atoms with Crippen molar-refractivity contribution < 1.29 is 4.79 Å². The lowest BCUT2D eigenvalue weighted by Gasteiger charge is -2.26. The van der Waals surface area contributed by atoms with Crippen molar-refractivity contribution in [1.82, 2.24) is 0 Å². The Kier molecular flexibility index (Phi) is 4.43. The number of halogens is 1. The Hall–Kier alpha value is -1.35. The van der Waals surface area contributed by atoms with Crippen molar-refractivity contribution in [3.8, 4) is 0 Å². The van der Waals surface area contributed by atoms with E-state index in [9.17, 15) is 4.79 Å². The molecule has 2 aromatic carbocycles. The predicted octanol–water partition coefficient (Wildman–Crippen LogP) is 5.53. The summed E-state index contributed by atoms with van der Waals surface area (Å²) in [6.45, 7) is 10.3. The quantitative estimate of drug-likeness (QED) is 0.759. The molecule has 0 aromatic heterocycles. The van der Waals surface area contributed by atoms with Gasteiger partial charge in [-0.05, 0) is 29.4 Å². The van der Waals surface area contributed by atoms with Gasteiger partial charge in [0.15, 0.2) is 0 Å². The largest absolute Gasteiger partial charge is 0.325 e. The Labute approximate surface area is 135 Å². The molecule has 1 N–H and O–H groups in total. The van der Waals surface area contributed by atoms with Crippen LogP contribution in [0.15, 0.2) is 34.8 Å². The summed E-state index contributed by atoms with van der Waals surface area (Å²) in [5.41, 5.74) is 1.92. The standard InChI is InChI=1S/C18H22BrNO/c1-11-10-15(19)13-8-6-7-9-14(13)16(11)20-17(21)12(2)18(3,4)5/h6-10,12H,1-5H3,(H,20,21)/t12-/m0/s1. The zero-order valence-corrected chi connectivity index (χ0v) is 14.8. The van der Waals surface area contributed by atoms with E-state index < -0.39 is 0 Å². The van der Waals surface area contributed by atoms with Gasteiger partial charge < -0.3 is 5.32 Å². The van der Waals surface area contributed by atoms with Crippen LogP contribution in [0.3, 0.4) is 0 Å². The molecule has 0 saturated carbocycles. The van der Waals surface area contributed by atoms with Gasteiger partial charge >= 0.3 is 0 Å². The summed E-state index contributed by atoms with van der Waals surface area (Å²) in [5, 5.41) is 5.31. The van der Waals surface area contributed by atoms with Crippen molar-refractivity contribution in [3.63, 3.8) is 0 Å². The minimum absolute atomic E-state index is 0.0524. The van der Waals surface area contributed by atoms with Crippen LogP contribution in [0.2, 0.25) is 0 Å². The Bertz CT molecular complexity index is 685. The zero-order chi connectivity index (χ0) is 15.8. The van der Waals surface area contributed by atoms with Crippen molar-refractivity contribution in [2.75, 3.05) is 5.32 Å². The van der Waals surface area contributed by atoms with Crippen molar-refractivity contribution in [2.45, 2.75) is 34.6 Å². The number of aryl methyl sites for hydroxylation is 1. The molecule has 21 heavy (non-hydrogen) atoms. The molecular weight excluding hydrogens is 326 g/mol. The molecule has 0 aliphatic heterocycles. The summed E-state index contributed by atoms with van der Waals surface area (Å²) in [5.74, 6) is 0.0115. The zero-order valence-electron chi connectivity index (χ0n) is 13.3. The maximum absolute atomic E-state index is 12.5. The van der Waals surface area contributed by atoms with E-state index in [1.54, 1.807) is 0 Å². The van der Waals surface area contributed by atoms with Crippen molar-refractivity contribution in [3.05, 3.63) is 40.4 Å². The monoisotopic (exact) mass is 347 g/mol. The van der Waals surface area contributed by atoms with Gasteiger partial charge in [-0.25, -0.2) is 0 Å². The van der Waals surface area contributed by atoms with Crippen LogP contribution >= 0.6 is 15.9 Å².